The van der Waals surface area contributed by atoms with Gasteiger partial charge in [0.2, 0.25) is 47.3 Å². The first-order valence-corrected chi connectivity index (χ1v) is 28.0. The van der Waals surface area contributed by atoms with Crippen LogP contribution in [0.4, 0.5) is 0 Å². The zero-order valence-corrected chi connectivity index (χ0v) is 49.6. The molecule has 6 aromatic rings. The molecule has 0 saturated carbocycles. The number of nitrogens with two attached hydrogens (primary N) is 5. The maximum absolute atomic E-state index is 15.1. The second-order valence-corrected chi connectivity index (χ2v) is 20.9. The monoisotopic (exact) mass is 1280 g/mol. The number of fused-ring (bicyclic) bond motifs is 2. The van der Waals surface area contributed by atoms with Gasteiger partial charge in [-0.2, -0.15) is 0 Å². The first kappa shape index (κ1) is 69.1. The Bertz CT molecular complexity index is 4370. The highest BCUT2D eigenvalue weighted by molar-refractivity contribution is 5.97. The van der Waals surface area contributed by atoms with Gasteiger partial charge in [-0.1, -0.05) is 24.3 Å². The Balaban J connectivity index is 1.40. The van der Waals surface area contributed by atoms with Gasteiger partial charge in [0, 0.05) is 51.1 Å². The number of guanidine groups is 2. The number of carbonyl (C=O) groups is 8. The highest BCUT2D eigenvalue weighted by Gasteiger charge is 2.35. The van der Waals surface area contributed by atoms with Crippen LogP contribution in [0.15, 0.2) is 115 Å². The molecule has 0 spiro atoms. The molecule has 20 N–H and O–H groups in total. The third kappa shape index (κ3) is 18.8. The normalized spacial score (nSPS) is 13.0. The minimum absolute atomic E-state index is 0.0206. The van der Waals surface area contributed by atoms with E-state index in [0.717, 1.165) is 46.5 Å². The topological polar surface area (TPSA) is 586 Å². The van der Waals surface area contributed by atoms with Gasteiger partial charge < -0.3 is 75.4 Å². The Kier molecular flexibility index (Phi) is 23.5. The van der Waals surface area contributed by atoms with Crippen LogP contribution in [0.5, 0.6) is 0 Å². The largest absolute Gasteiger partial charge is 0.370 e. The second-order valence-electron chi connectivity index (χ2n) is 20.9. The summed E-state index contributed by atoms with van der Waals surface area (Å²) in [5.41, 5.74) is 19.3. The van der Waals surface area contributed by atoms with Crippen molar-refractivity contribution in [2.75, 3.05) is 26.7 Å². The third-order valence-corrected chi connectivity index (χ3v) is 13.9. The molecule has 0 fully saturated rings. The molecule has 38 heteroatoms. The predicted molar refractivity (Wildman–Crippen MR) is 329 cm³/mol. The molecule has 2 aromatic carbocycles. The quantitative estimate of drug-likeness (QED) is 0.0113. The molecule has 0 unspecified atom stereocenters. The zero-order chi connectivity index (χ0) is 67.7. The highest BCUT2D eigenvalue weighted by Crippen LogP contribution is 2.09. The minimum Gasteiger partial charge on any atom is -0.370 e. The van der Waals surface area contributed by atoms with E-state index in [2.05, 4.69) is 51.9 Å². The van der Waals surface area contributed by atoms with Crippen LogP contribution in [0, 0.1) is 6.92 Å². The summed E-state index contributed by atoms with van der Waals surface area (Å²) in [6, 6.07) is 1.32. The second kappa shape index (κ2) is 31.2. The number of nitrogens with zero attached hydrogens (tertiary/aromatic N) is 7. The van der Waals surface area contributed by atoms with Crippen LogP contribution in [-0.4, -0.2) is 165 Å². The number of amides is 8. The van der Waals surface area contributed by atoms with Gasteiger partial charge in [-0.05, 0) is 56.9 Å². The van der Waals surface area contributed by atoms with Crippen LogP contribution in [0.1, 0.15) is 38.2 Å². The molecule has 490 valence electrons. The number of likely N-dealkylation sites (N-methyl/N-ethyl adjacent to an activating group) is 1. The number of para-hydroxylation sites is 2. The number of nitrogens with one attached hydrogen (secondary N) is 10. The van der Waals surface area contributed by atoms with Crippen molar-refractivity contribution in [2.24, 2.45) is 38.7 Å². The van der Waals surface area contributed by atoms with Crippen LogP contribution in [0.2, 0.25) is 0 Å². The Morgan fingerprint density at radius 3 is 1.47 bits per heavy atom. The number of aromatic amines is 4. The lowest BCUT2D eigenvalue weighted by molar-refractivity contribution is -0.140. The van der Waals surface area contributed by atoms with E-state index in [1.54, 1.807) is 0 Å². The van der Waals surface area contributed by atoms with Gasteiger partial charge in [0.05, 0.1) is 54.5 Å². The first-order valence-electron chi connectivity index (χ1n) is 28.0. The average molecular weight is 1280 g/mol. The van der Waals surface area contributed by atoms with Gasteiger partial charge in [-0.25, -0.2) is 19.2 Å². The summed E-state index contributed by atoms with van der Waals surface area (Å²) in [7, 11) is 1.05. The number of hydrogen-bond acceptors (Lipinski definition) is 18. The third-order valence-electron chi connectivity index (χ3n) is 13.9. The lowest BCUT2D eigenvalue weighted by atomic mass is 10.1. The standard InChI is InChI=1S/C54H68N22O16/c1-26-20-74(52(90)71-41(26)81)21-34(43(83)64-32(40(55)80)14-8-17-60-49(56)57)65-45(85)36(24-76-47(87)29-11-5-7-13-31(29)69-54(76)92)66-44(84)35(23-75-46(86)28-10-4-6-12-30(28)68-53(75)91)63-39(79)25-72(3)48(88)37(22-73-19-16-38(78)70-51(73)89)67-42(82)33(62-27(2)77)15-9-18-61-50(58)59/h4-7,10-13,16,19-20,32-37H,8-9,14-15,17-18,21-25H2,1-3H3,(H2,55,80)(H,62,77)(H,63,79)(H,64,83)(H,65,85)(H,66,84)(H,67,82)(H,68,91)(H,69,92)(H4,56,57,60)(H4,58,59,61)(H,70,78,89)(H,71,81,90)/t32-,33-,34-,35-,36-,37-/m0/s1. The van der Waals surface area contributed by atoms with E-state index in [9.17, 15) is 71.9 Å². The molecule has 38 nitrogen and oxygen atoms in total. The molecule has 0 radical (unpaired) electrons. The molecule has 0 aliphatic carbocycles. The maximum atomic E-state index is 15.1. The van der Waals surface area contributed by atoms with Gasteiger partial charge in [0.1, 0.15) is 36.3 Å². The fraction of sp³-hybridized carbons (Fsp3) is 0.370. The van der Waals surface area contributed by atoms with Gasteiger partial charge in [0.15, 0.2) is 11.9 Å². The number of hydrogen-bond donors (Lipinski definition) is 15. The summed E-state index contributed by atoms with van der Waals surface area (Å²) < 4.78 is 2.64. The van der Waals surface area contributed by atoms with E-state index < -0.39 is 161 Å². The summed E-state index contributed by atoms with van der Waals surface area (Å²) in [4.78, 5) is 236. The maximum Gasteiger partial charge on any atom is 0.328 e. The predicted octanol–water partition coefficient (Wildman–Crippen LogP) is -9.22. The van der Waals surface area contributed by atoms with Crippen LogP contribution >= 0.6 is 0 Å². The molecular weight excluding hydrogens is 1210 g/mol. The van der Waals surface area contributed by atoms with Gasteiger partial charge >= 0.3 is 22.8 Å². The molecule has 6 rings (SSSR count). The molecule has 8 amide bonds. The van der Waals surface area contributed by atoms with Crippen molar-refractivity contribution in [3.63, 3.8) is 0 Å². The summed E-state index contributed by atoms with van der Waals surface area (Å²) in [6.07, 6.45) is 1.97. The lowest BCUT2D eigenvalue weighted by Gasteiger charge is -2.28. The molecule has 0 bridgehead atoms. The van der Waals surface area contributed by atoms with Gasteiger partial charge in [-0.15, -0.1) is 0 Å². The van der Waals surface area contributed by atoms with E-state index in [4.69, 9.17) is 28.7 Å². The summed E-state index contributed by atoms with van der Waals surface area (Å²) in [5, 5.41) is 14.0. The number of H-pyrrole nitrogens is 4. The molecule has 4 heterocycles. The number of benzene rings is 2. The Morgan fingerprint density at radius 2 is 0.967 bits per heavy atom. The summed E-state index contributed by atoms with van der Waals surface area (Å²) in [5.74, 6) is -9.68. The molecule has 0 aliphatic heterocycles. The summed E-state index contributed by atoms with van der Waals surface area (Å²) >= 11 is 0. The van der Waals surface area contributed by atoms with Crippen molar-refractivity contribution in [1.29, 1.82) is 0 Å². The number of aliphatic imine (C=N–C) groups is 2. The van der Waals surface area contributed by atoms with Crippen molar-refractivity contribution in [1.82, 2.24) is 75.0 Å². The number of aromatic nitrogens is 8. The van der Waals surface area contributed by atoms with E-state index in [1.807, 2.05) is 9.97 Å². The van der Waals surface area contributed by atoms with Gasteiger partial charge in [-0.3, -0.25) is 95.8 Å². The van der Waals surface area contributed by atoms with E-state index in [-0.39, 0.29) is 78.1 Å². The van der Waals surface area contributed by atoms with E-state index >= 15 is 4.79 Å². The fourth-order valence-corrected chi connectivity index (χ4v) is 9.29. The van der Waals surface area contributed by atoms with Crippen molar-refractivity contribution < 1.29 is 38.4 Å². The molecule has 92 heavy (non-hydrogen) atoms. The number of aryl methyl sites for hydroxylation is 1. The van der Waals surface area contributed by atoms with Crippen molar-refractivity contribution in [2.45, 2.75) is 102 Å². The molecule has 0 saturated heterocycles. The lowest BCUT2D eigenvalue weighted by Crippen LogP contribution is -2.62. The van der Waals surface area contributed by atoms with E-state index in [1.165, 1.54) is 55.5 Å². The van der Waals surface area contributed by atoms with Crippen LogP contribution < -0.4 is 106 Å². The zero-order valence-electron chi connectivity index (χ0n) is 49.6. The SMILES string of the molecule is CC(=O)N[C@@H](CCCN=C(N)N)C(=O)N[C@@H](Cn1ccc(=O)[nH]c1=O)C(=O)N(C)CC(=O)N[C@@H](Cn1c(=O)[nH]c2ccccc2c1=O)C(=O)N[C@@H](Cn1c(=O)[nH]c2ccccc2c1=O)C(=O)N[C@@H](Cn1cc(C)c(=O)[nH]c1=O)C(=O)N[C@@H](CCCN=C(N)N)C(N)=O. The fourth-order valence-electron chi connectivity index (χ4n) is 9.29. The van der Waals surface area contributed by atoms with Crippen molar-refractivity contribution >= 4 is 81.0 Å². The van der Waals surface area contributed by atoms with Crippen molar-refractivity contribution in [3.05, 3.63) is 156 Å². The molecular formula is C54H68N22O16. The minimum atomic E-state index is -2.22. The van der Waals surface area contributed by atoms with Crippen LogP contribution in [-0.2, 0) is 64.5 Å². The molecule has 0 aliphatic rings. The summed E-state index contributed by atoms with van der Waals surface area (Å²) in [6.45, 7) is -2.33. The number of primary amides is 1. The Hall–Kier alpha value is -12.0. The highest BCUT2D eigenvalue weighted by atomic mass is 16.2. The van der Waals surface area contributed by atoms with Crippen LogP contribution in [0.25, 0.3) is 21.8 Å². The number of carbonyl (C=O) groups excluding carboxylic acids is 8. The average Bonchev–Trinajstić information content (AvgIpc) is 1.02. The number of rotatable bonds is 30. The first-order chi connectivity index (χ1) is 43.5. The van der Waals surface area contributed by atoms with Crippen molar-refractivity contribution in [3.8, 4) is 0 Å². The Morgan fingerprint density at radius 1 is 0.522 bits per heavy atom. The Labute approximate surface area is 516 Å². The van der Waals surface area contributed by atoms with E-state index in [0.29, 0.717) is 9.13 Å². The molecule has 6 atom stereocenters. The molecule has 4 aromatic heterocycles. The van der Waals surface area contributed by atoms with Crippen LogP contribution in [0.3, 0.4) is 0 Å². The smallest absolute Gasteiger partial charge is 0.328 e. The van der Waals surface area contributed by atoms with Gasteiger partial charge in [0.25, 0.3) is 22.2 Å².